The Balaban J connectivity index is 2.46. The molecule has 0 amide bonds. The van der Waals surface area contributed by atoms with Crippen LogP contribution in [0.1, 0.15) is 13.3 Å². The standard InChI is InChI=1S/C13H18BrNS/c1-10(2)7-12(15-3)9-16-13-6-4-5-11(14)8-13/h4-6,8,12,15H,1,7,9H2,2-3H3. The summed E-state index contributed by atoms with van der Waals surface area (Å²) in [6.45, 7) is 6.03. The summed E-state index contributed by atoms with van der Waals surface area (Å²) in [6.07, 6.45) is 1.04. The maximum atomic E-state index is 3.96. The predicted octanol–water partition coefficient (Wildman–Crippen LogP) is 4.10. The molecule has 1 N–H and O–H groups in total. The van der Waals surface area contributed by atoms with Crippen molar-refractivity contribution in [2.24, 2.45) is 0 Å². The number of thioether (sulfide) groups is 1. The number of hydrogen-bond acceptors (Lipinski definition) is 2. The van der Waals surface area contributed by atoms with Gasteiger partial charge in [-0.3, -0.25) is 0 Å². The zero-order chi connectivity index (χ0) is 12.0. The van der Waals surface area contributed by atoms with E-state index in [4.69, 9.17) is 0 Å². The van der Waals surface area contributed by atoms with E-state index in [2.05, 4.69) is 52.9 Å². The van der Waals surface area contributed by atoms with E-state index in [1.54, 1.807) is 0 Å². The number of rotatable bonds is 6. The largest absolute Gasteiger partial charge is 0.316 e. The van der Waals surface area contributed by atoms with Crippen molar-refractivity contribution in [1.82, 2.24) is 5.32 Å². The van der Waals surface area contributed by atoms with Crippen LogP contribution in [0.3, 0.4) is 0 Å². The average Bonchev–Trinajstić information content (AvgIpc) is 2.24. The van der Waals surface area contributed by atoms with E-state index in [1.165, 1.54) is 10.5 Å². The van der Waals surface area contributed by atoms with Gasteiger partial charge < -0.3 is 5.32 Å². The van der Waals surface area contributed by atoms with Crippen LogP contribution in [0.4, 0.5) is 0 Å². The van der Waals surface area contributed by atoms with Crippen molar-refractivity contribution in [2.45, 2.75) is 24.3 Å². The van der Waals surface area contributed by atoms with Crippen LogP contribution in [-0.4, -0.2) is 18.8 Å². The zero-order valence-corrected chi connectivity index (χ0v) is 12.2. The Bertz CT molecular complexity index is 352. The Hall–Kier alpha value is -0.250. The van der Waals surface area contributed by atoms with E-state index >= 15 is 0 Å². The van der Waals surface area contributed by atoms with Gasteiger partial charge >= 0.3 is 0 Å². The summed E-state index contributed by atoms with van der Waals surface area (Å²) in [6, 6.07) is 8.91. The van der Waals surface area contributed by atoms with Crippen LogP contribution >= 0.6 is 27.7 Å². The van der Waals surface area contributed by atoms with Crippen molar-refractivity contribution in [3.8, 4) is 0 Å². The Morgan fingerprint density at radius 3 is 2.88 bits per heavy atom. The lowest BCUT2D eigenvalue weighted by Crippen LogP contribution is -2.27. The predicted molar refractivity (Wildman–Crippen MR) is 77.1 cm³/mol. The Kier molecular flexibility index (Phi) is 6.17. The summed E-state index contributed by atoms with van der Waals surface area (Å²) in [5, 5.41) is 3.32. The van der Waals surface area contributed by atoms with Crippen LogP contribution in [0.25, 0.3) is 0 Å². The van der Waals surface area contributed by atoms with Crippen molar-refractivity contribution in [2.75, 3.05) is 12.8 Å². The molecular weight excluding hydrogens is 282 g/mol. The Morgan fingerprint density at radius 2 is 2.31 bits per heavy atom. The van der Waals surface area contributed by atoms with Gasteiger partial charge in [0.05, 0.1) is 0 Å². The van der Waals surface area contributed by atoms with Gasteiger partial charge in [-0.05, 0) is 38.6 Å². The van der Waals surface area contributed by atoms with Crippen molar-refractivity contribution in [1.29, 1.82) is 0 Å². The third-order valence-corrected chi connectivity index (χ3v) is 3.90. The molecule has 1 rings (SSSR count). The van der Waals surface area contributed by atoms with E-state index in [0.717, 1.165) is 16.6 Å². The molecule has 0 radical (unpaired) electrons. The number of benzene rings is 1. The van der Waals surface area contributed by atoms with Crippen molar-refractivity contribution < 1.29 is 0 Å². The summed E-state index contributed by atoms with van der Waals surface area (Å²) in [7, 11) is 2.01. The van der Waals surface area contributed by atoms with Gasteiger partial charge in [0.15, 0.2) is 0 Å². The molecule has 3 heteroatoms. The van der Waals surface area contributed by atoms with E-state index in [1.807, 2.05) is 24.9 Å². The first kappa shape index (κ1) is 13.8. The highest BCUT2D eigenvalue weighted by atomic mass is 79.9. The molecule has 16 heavy (non-hydrogen) atoms. The van der Waals surface area contributed by atoms with Gasteiger partial charge in [0.2, 0.25) is 0 Å². The van der Waals surface area contributed by atoms with Gasteiger partial charge in [0.1, 0.15) is 0 Å². The van der Waals surface area contributed by atoms with E-state index in [-0.39, 0.29) is 0 Å². The lowest BCUT2D eigenvalue weighted by Gasteiger charge is -2.15. The molecule has 0 saturated carbocycles. The van der Waals surface area contributed by atoms with Crippen LogP contribution < -0.4 is 5.32 Å². The summed E-state index contributed by atoms with van der Waals surface area (Å²) >= 11 is 5.36. The Morgan fingerprint density at radius 1 is 1.56 bits per heavy atom. The molecule has 1 aromatic carbocycles. The molecule has 0 aliphatic carbocycles. The first-order valence-corrected chi connectivity index (χ1v) is 7.09. The van der Waals surface area contributed by atoms with Crippen LogP contribution in [-0.2, 0) is 0 Å². The first-order chi connectivity index (χ1) is 7.61. The van der Waals surface area contributed by atoms with Crippen molar-refractivity contribution in [3.63, 3.8) is 0 Å². The molecule has 0 saturated heterocycles. The highest BCUT2D eigenvalue weighted by Gasteiger charge is 2.06. The minimum absolute atomic E-state index is 0.501. The lowest BCUT2D eigenvalue weighted by atomic mass is 10.1. The second kappa shape index (κ2) is 7.15. The summed E-state index contributed by atoms with van der Waals surface area (Å²) in [4.78, 5) is 1.30. The van der Waals surface area contributed by atoms with Crippen LogP contribution in [0.2, 0.25) is 0 Å². The van der Waals surface area contributed by atoms with Crippen molar-refractivity contribution >= 4 is 27.7 Å². The second-order valence-corrected chi connectivity index (χ2v) is 5.92. The molecule has 1 aromatic rings. The molecule has 88 valence electrons. The molecule has 0 fully saturated rings. The second-order valence-electron chi connectivity index (χ2n) is 3.92. The Labute approximate surface area is 111 Å². The number of halogens is 1. The van der Waals surface area contributed by atoms with E-state index in [0.29, 0.717) is 6.04 Å². The van der Waals surface area contributed by atoms with Crippen LogP contribution in [0.5, 0.6) is 0 Å². The molecule has 0 aliphatic heterocycles. The fraction of sp³-hybridized carbons (Fsp3) is 0.385. The molecule has 1 nitrogen and oxygen atoms in total. The highest BCUT2D eigenvalue weighted by molar-refractivity contribution is 9.10. The molecule has 0 spiro atoms. The van der Waals surface area contributed by atoms with E-state index in [9.17, 15) is 0 Å². The third-order valence-electron chi connectivity index (χ3n) is 2.25. The fourth-order valence-corrected chi connectivity index (χ4v) is 3.03. The zero-order valence-electron chi connectivity index (χ0n) is 9.79. The monoisotopic (exact) mass is 299 g/mol. The minimum Gasteiger partial charge on any atom is -0.316 e. The lowest BCUT2D eigenvalue weighted by molar-refractivity contribution is 0.615. The SMILES string of the molecule is C=C(C)CC(CSc1cccc(Br)c1)NC. The topological polar surface area (TPSA) is 12.0 Å². The molecule has 1 atom stereocenters. The highest BCUT2D eigenvalue weighted by Crippen LogP contribution is 2.23. The van der Waals surface area contributed by atoms with Crippen molar-refractivity contribution in [3.05, 3.63) is 40.9 Å². The van der Waals surface area contributed by atoms with E-state index < -0.39 is 0 Å². The van der Waals surface area contributed by atoms with Gasteiger partial charge in [-0.1, -0.05) is 27.6 Å². The quantitative estimate of drug-likeness (QED) is 0.627. The first-order valence-electron chi connectivity index (χ1n) is 5.32. The number of hydrogen-bond donors (Lipinski definition) is 1. The maximum Gasteiger partial charge on any atom is 0.0195 e. The number of nitrogens with one attached hydrogen (secondary N) is 1. The normalized spacial score (nSPS) is 12.4. The summed E-state index contributed by atoms with van der Waals surface area (Å²) < 4.78 is 1.14. The molecule has 1 unspecified atom stereocenters. The third kappa shape index (κ3) is 5.19. The van der Waals surface area contributed by atoms with Gasteiger partial charge in [-0.2, -0.15) is 0 Å². The fourth-order valence-electron chi connectivity index (χ4n) is 1.42. The van der Waals surface area contributed by atoms with Gasteiger partial charge in [0.25, 0.3) is 0 Å². The summed E-state index contributed by atoms with van der Waals surface area (Å²) in [5.41, 5.74) is 1.23. The maximum absolute atomic E-state index is 3.96. The minimum atomic E-state index is 0.501. The molecule has 0 heterocycles. The molecule has 0 aliphatic rings. The molecule has 0 aromatic heterocycles. The van der Waals surface area contributed by atoms with Gasteiger partial charge in [-0.25, -0.2) is 0 Å². The molecule has 0 bridgehead atoms. The van der Waals surface area contributed by atoms with Gasteiger partial charge in [0, 0.05) is 21.2 Å². The summed E-state index contributed by atoms with van der Waals surface area (Å²) in [5.74, 6) is 1.07. The van der Waals surface area contributed by atoms with Gasteiger partial charge in [-0.15, -0.1) is 18.3 Å². The smallest absolute Gasteiger partial charge is 0.0195 e. The molecular formula is C13H18BrNS. The van der Waals surface area contributed by atoms with Crippen LogP contribution in [0, 0.1) is 0 Å². The van der Waals surface area contributed by atoms with Crippen LogP contribution in [0.15, 0.2) is 45.8 Å². The average molecular weight is 300 g/mol.